The molecule has 0 radical (unpaired) electrons. The molecule has 28 heavy (non-hydrogen) atoms. The summed E-state index contributed by atoms with van der Waals surface area (Å²) in [6.45, 7) is 3.86. The van der Waals surface area contributed by atoms with Crippen LogP contribution in [0.1, 0.15) is 25.8 Å². The van der Waals surface area contributed by atoms with Crippen LogP contribution in [0.3, 0.4) is 0 Å². The Bertz CT molecular complexity index is 868. The van der Waals surface area contributed by atoms with Gasteiger partial charge >= 0.3 is 0 Å². The topological polar surface area (TPSA) is 89.0 Å². The molecule has 0 bridgehead atoms. The van der Waals surface area contributed by atoms with Gasteiger partial charge in [0.2, 0.25) is 11.8 Å². The first-order chi connectivity index (χ1) is 13.4. The Kier molecular flexibility index (Phi) is 8.01. The van der Waals surface area contributed by atoms with Gasteiger partial charge in [0.1, 0.15) is 6.42 Å². The highest BCUT2D eigenvalue weighted by atomic mass is 79.9. The van der Waals surface area contributed by atoms with Gasteiger partial charge in [-0.15, -0.1) is 0 Å². The van der Waals surface area contributed by atoms with Crippen LogP contribution in [0.5, 0.6) is 11.5 Å². The first-order valence-corrected chi connectivity index (χ1v) is 9.39. The molecular formula is C20H22BrN3O4. The molecule has 0 saturated carbocycles. The van der Waals surface area contributed by atoms with E-state index in [4.69, 9.17) is 9.47 Å². The minimum Gasteiger partial charge on any atom is -0.493 e. The summed E-state index contributed by atoms with van der Waals surface area (Å²) < 4.78 is 11.7. The summed E-state index contributed by atoms with van der Waals surface area (Å²) in [6, 6.07) is 12.5. The van der Waals surface area contributed by atoms with E-state index in [1.54, 1.807) is 43.5 Å². The van der Waals surface area contributed by atoms with Crippen molar-refractivity contribution < 1.29 is 19.1 Å². The van der Waals surface area contributed by atoms with Crippen LogP contribution in [0.15, 0.2) is 52.0 Å². The van der Waals surface area contributed by atoms with Gasteiger partial charge in [0.15, 0.2) is 11.5 Å². The number of anilines is 1. The molecule has 148 valence electrons. The molecule has 2 amide bonds. The predicted octanol–water partition coefficient (Wildman–Crippen LogP) is 3.72. The Morgan fingerprint density at radius 3 is 2.57 bits per heavy atom. The Balaban J connectivity index is 1.89. The summed E-state index contributed by atoms with van der Waals surface area (Å²) in [6.07, 6.45) is 1.14. The number of methoxy groups -OCH3 is 1. The standard InChI is InChI=1S/C20H22BrN3O4/c1-13(2)28-17-9-8-14(10-18(17)27-3)12-22-24-20(26)11-19(25)23-16-7-5-4-6-15(16)21/h4-10,12-13H,11H2,1-3H3,(H,23,25)(H,24,26). The van der Waals surface area contributed by atoms with Gasteiger partial charge in [-0.25, -0.2) is 5.43 Å². The molecule has 0 aliphatic carbocycles. The van der Waals surface area contributed by atoms with Crippen molar-refractivity contribution in [3.8, 4) is 11.5 Å². The molecule has 0 unspecified atom stereocenters. The van der Waals surface area contributed by atoms with Gasteiger partial charge in [-0.3, -0.25) is 9.59 Å². The zero-order valence-corrected chi connectivity index (χ0v) is 17.4. The van der Waals surface area contributed by atoms with E-state index >= 15 is 0 Å². The van der Waals surface area contributed by atoms with Gasteiger partial charge < -0.3 is 14.8 Å². The number of hydrogen-bond acceptors (Lipinski definition) is 5. The van der Waals surface area contributed by atoms with Gasteiger partial charge in [0, 0.05) is 4.47 Å². The van der Waals surface area contributed by atoms with E-state index in [0.717, 1.165) is 4.47 Å². The lowest BCUT2D eigenvalue weighted by atomic mass is 10.2. The van der Waals surface area contributed by atoms with E-state index in [2.05, 4.69) is 31.8 Å². The van der Waals surface area contributed by atoms with Crippen molar-refractivity contribution in [2.45, 2.75) is 26.4 Å². The molecule has 2 aromatic carbocycles. The SMILES string of the molecule is COc1cc(C=NNC(=O)CC(=O)Nc2ccccc2Br)ccc1OC(C)C. The van der Waals surface area contributed by atoms with Gasteiger partial charge in [-0.05, 0) is 65.7 Å². The third-order valence-corrected chi connectivity index (χ3v) is 4.11. The lowest BCUT2D eigenvalue weighted by molar-refractivity contribution is -0.126. The molecule has 0 aliphatic rings. The lowest BCUT2D eigenvalue weighted by Gasteiger charge is -2.13. The van der Waals surface area contributed by atoms with Gasteiger partial charge in [0.25, 0.3) is 0 Å². The maximum absolute atomic E-state index is 11.9. The molecule has 7 nitrogen and oxygen atoms in total. The summed E-state index contributed by atoms with van der Waals surface area (Å²) in [5, 5.41) is 6.53. The van der Waals surface area contributed by atoms with Crippen LogP contribution in [-0.2, 0) is 9.59 Å². The van der Waals surface area contributed by atoms with Gasteiger partial charge in [-0.2, -0.15) is 5.10 Å². The zero-order valence-electron chi connectivity index (χ0n) is 15.9. The highest BCUT2D eigenvalue weighted by Gasteiger charge is 2.10. The molecule has 0 aromatic heterocycles. The molecule has 0 spiro atoms. The fraction of sp³-hybridized carbons (Fsp3) is 0.250. The molecule has 2 rings (SSSR count). The number of carbonyl (C=O) groups excluding carboxylic acids is 2. The number of carbonyl (C=O) groups is 2. The van der Waals surface area contributed by atoms with E-state index in [-0.39, 0.29) is 12.5 Å². The van der Waals surface area contributed by atoms with Crippen molar-refractivity contribution in [3.05, 3.63) is 52.5 Å². The van der Waals surface area contributed by atoms with E-state index < -0.39 is 11.8 Å². The summed E-state index contributed by atoms with van der Waals surface area (Å²) in [5.41, 5.74) is 3.64. The second kappa shape index (κ2) is 10.5. The average Bonchev–Trinajstić information content (AvgIpc) is 2.64. The smallest absolute Gasteiger partial charge is 0.249 e. The molecular weight excluding hydrogens is 426 g/mol. The minimum absolute atomic E-state index is 0.0235. The van der Waals surface area contributed by atoms with Gasteiger partial charge in [0.05, 0.1) is 25.1 Å². The van der Waals surface area contributed by atoms with Crippen molar-refractivity contribution in [2.24, 2.45) is 5.10 Å². The van der Waals surface area contributed by atoms with Crippen LogP contribution in [0.2, 0.25) is 0 Å². The first-order valence-electron chi connectivity index (χ1n) is 8.60. The number of halogens is 1. The van der Waals surface area contributed by atoms with Crippen molar-refractivity contribution >= 4 is 39.6 Å². The quantitative estimate of drug-likeness (QED) is 0.366. The number of rotatable bonds is 8. The Morgan fingerprint density at radius 2 is 1.89 bits per heavy atom. The molecule has 0 fully saturated rings. The van der Waals surface area contributed by atoms with Crippen molar-refractivity contribution in [2.75, 3.05) is 12.4 Å². The van der Waals surface area contributed by atoms with Gasteiger partial charge in [-0.1, -0.05) is 12.1 Å². The number of benzene rings is 2. The maximum Gasteiger partial charge on any atom is 0.249 e. The Labute approximate surface area is 172 Å². The van der Waals surface area contributed by atoms with Crippen molar-refractivity contribution in [3.63, 3.8) is 0 Å². The minimum atomic E-state index is -0.521. The van der Waals surface area contributed by atoms with Crippen molar-refractivity contribution in [1.29, 1.82) is 0 Å². The average molecular weight is 448 g/mol. The molecule has 0 atom stereocenters. The molecule has 2 N–H and O–H groups in total. The normalized spacial score (nSPS) is 10.8. The fourth-order valence-corrected chi connectivity index (χ4v) is 2.62. The summed E-state index contributed by atoms with van der Waals surface area (Å²) in [4.78, 5) is 23.8. The Hall–Kier alpha value is -2.87. The molecule has 0 aliphatic heterocycles. The Morgan fingerprint density at radius 1 is 1.14 bits per heavy atom. The lowest BCUT2D eigenvalue weighted by Crippen LogP contribution is -2.24. The van der Waals surface area contributed by atoms with Crippen LogP contribution in [-0.4, -0.2) is 31.2 Å². The third-order valence-electron chi connectivity index (χ3n) is 3.42. The van der Waals surface area contributed by atoms with E-state index in [1.165, 1.54) is 6.21 Å². The van der Waals surface area contributed by atoms with E-state index in [0.29, 0.717) is 22.7 Å². The fourth-order valence-electron chi connectivity index (χ4n) is 2.24. The molecule has 2 aromatic rings. The monoisotopic (exact) mass is 447 g/mol. The number of nitrogens with zero attached hydrogens (tertiary/aromatic N) is 1. The molecule has 8 heteroatoms. The second-order valence-electron chi connectivity index (χ2n) is 6.07. The number of para-hydroxylation sites is 1. The highest BCUT2D eigenvalue weighted by molar-refractivity contribution is 9.10. The number of hydrazone groups is 1. The number of ether oxygens (including phenoxy) is 2. The predicted molar refractivity (Wildman–Crippen MR) is 112 cm³/mol. The van der Waals surface area contributed by atoms with E-state index in [9.17, 15) is 9.59 Å². The van der Waals surface area contributed by atoms with Crippen LogP contribution < -0.4 is 20.2 Å². The zero-order chi connectivity index (χ0) is 20.5. The third kappa shape index (κ3) is 6.70. The molecule has 0 heterocycles. The second-order valence-corrected chi connectivity index (χ2v) is 6.93. The van der Waals surface area contributed by atoms with Crippen LogP contribution in [0.4, 0.5) is 5.69 Å². The van der Waals surface area contributed by atoms with Crippen LogP contribution in [0, 0.1) is 0 Å². The van der Waals surface area contributed by atoms with Crippen LogP contribution >= 0.6 is 15.9 Å². The number of nitrogens with one attached hydrogen (secondary N) is 2. The van der Waals surface area contributed by atoms with Crippen molar-refractivity contribution in [1.82, 2.24) is 5.43 Å². The molecule has 0 saturated heterocycles. The number of hydrogen-bond donors (Lipinski definition) is 2. The first kappa shape index (κ1) is 21.4. The number of amides is 2. The summed E-state index contributed by atoms with van der Waals surface area (Å²) in [5.74, 6) is 0.239. The largest absolute Gasteiger partial charge is 0.493 e. The maximum atomic E-state index is 11.9. The van der Waals surface area contributed by atoms with E-state index in [1.807, 2.05) is 19.9 Å². The highest BCUT2D eigenvalue weighted by Crippen LogP contribution is 2.28. The summed E-state index contributed by atoms with van der Waals surface area (Å²) >= 11 is 3.33. The summed E-state index contributed by atoms with van der Waals surface area (Å²) in [7, 11) is 1.55. The van der Waals surface area contributed by atoms with Crippen LogP contribution in [0.25, 0.3) is 0 Å².